The van der Waals surface area contributed by atoms with Gasteiger partial charge in [-0.25, -0.2) is 4.79 Å². The zero-order valence-corrected chi connectivity index (χ0v) is 12.5. The minimum Gasteiger partial charge on any atom is -0.422 e. The van der Waals surface area contributed by atoms with E-state index in [1.165, 1.54) is 0 Å². The second kappa shape index (κ2) is 6.28. The molecule has 1 aliphatic heterocycles. The number of carbonyl (C=O) groups is 1. The van der Waals surface area contributed by atoms with E-state index in [2.05, 4.69) is 5.32 Å². The monoisotopic (exact) mass is 308 g/mol. The number of rotatable bonds is 2. The van der Waals surface area contributed by atoms with Crippen molar-refractivity contribution >= 4 is 29.3 Å². The Hall–Kier alpha value is -1.85. The van der Waals surface area contributed by atoms with Gasteiger partial charge in [-0.3, -0.25) is 4.79 Å². The first-order chi connectivity index (χ1) is 9.69. The number of amides is 1. The molecule has 6 heteroatoms. The minimum atomic E-state index is -0.568. The zero-order chi connectivity index (χ0) is 14.1. The smallest absolute Gasteiger partial charge is 0.349 e. The molecule has 0 bridgehead atoms. The van der Waals surface area contributed by atoms with E-state index in [1.54, 1.807) is 23.1 Å². The molecule has 21 heavy (non-hydrogen) atoms. The first-order valence-corrected chi connectivity index (χ1v) is 6.68. The van der Waals surface area contributed by atoms with Gasteiger partial charge in [0.15, 0.2) is 0 Å². The van der Waals surface area contributed by atoms with Crippen molar-refractivity contribution in [3.63, 3.8) is 0 Å². The Labute approximate surface area is 128 Å². The van der Waals surface area contributed by atoms with Crippen LogP contribution >= 0.6 is 12.4 Å². The van der Waals surface area contributed by atoms with Gasteiger partial charge in [-0.15, -0.1) is 12.4 Å². The number of fused-ring (bicyclic) bond motifs is 1. The molecule has 3 rings (SSSR count). The lowest BCUT2D eigenvalue weighted by Crippen LogP contribution is -2.35. The van der Waals surface area contributed by atoms with Crippen LogP contribution in [-0.2, 0) is 0 Å². The van der Waals surface area contributed by atoms with Crippen LogP contribution in [0.25, 0.3) is 11.0 Å². The number of hydrogen-bond acceptors (Lipinski definition) is 4. The second-order valence-corrected chi connectivity index (χ2v) is 5.01. The van der Waals surface area contributed by atoms with Gasteiger partial charge in [0.25, 0.3) is 5.91 Å². The Morgan fingerprint density at radius 1 is 1.38 bits per heavy atom. The van der Waals surface area contributed by atoms with Crippen LogP contribution in [0, 0.1) is 0 Å². The van der Waals surface area contributed by atoms with E-state index in [-0.39, 0.29) is 23.9 Å². The predicted molar refractivity (Wildman–Crippen MR) is 83.1 cm³/mol. The van der Waals surface area contributed by atoms with Crippen molar-refractivity contribution in [1.82, 2.24) is 10.2 Å². The largest absolute Gasteiger partial charge is 0.422 e. The van der Waals surface area contributed by atoms with E-state index < -0.39 is 5.63 Å². The lowest BCUT2D eigenvalue weighted by atomic mass is 10.1. The molecule has 0 saturated carbocycles. The Morgan fingerprint density at radius 3 is 2.86 bits per heavy atom. The Bertz CT molecular complexity index is 713. The van der Waals surface area contributed by atoms with Gasteiger partial charge in [0.05, 0.1) is 0 Å². The van der Waals surface area contributed by atoms with Gasteiger partial charge >= 0.3 is 5.63 Å². The van der Waals surface area contributed by atoms with Gasteiger partial charge in [-0.1, -0.05) is 18.2 Å². The molecule has 1 saturated heterocycles. The van der Waals surface area contributed by atoms with Gasteiger partial charge in [-0.2, -0.15) is 0 Å². The highest BCUT2D eigenvalue weighted by Crippen LogP contribution is 2.16. The number of carbonyl (C=O) groups excluding carboxylic acids is 1. The Balaban J connectivity index is 0.00000161. The molecule has 1 fully saturated rings. The number of nitrogens with zero attached hydrogens (tertiary/aromatic N) is 1. The molecule has 2 heterocycles. The zero-order valence-electron chi connectivity index (χ0n) is 11.7. The molecule has 1 aliphatic rings. The molecule has 112 valence electrons. The molecule has 1 atom stereocenters. The average Bonchev–Trinajstić information content (AvgIpc) is 2.94. The maximum atomic E-state index is 12.4. The normalized spacial score (nSPS) is 17.8. The van der Waals surface area contributed by atoms with Crippen LogP contribution in [0.3, 0.4) is 0 Å². The highest BCUT2D eigenvalue weighted by atomic mass is 35.5. The maximum absolute atomic E-state index is 12.4. The summed E-state index contributed by atoms with van der Waals surface area (Å²) in [5, 5.41) is 3.91. The van der Waals surface area contributed by atoms with Crippen LogP contribution in [0.15, 0.2) is 39.5 Å². The quantitative estimate of drug-likeness (QED) is 0.857. The van der Waals surface area contributed by atoms with Gasteiger partial charge < -0.3 is 14.6 Å². The van der Waals surface area contributed by atoms with Crippen LogP contribution in [0.4, 0.5) is 0 Å². The summed E-state index contributed by atoms with van der Waals surface area (Å²) >= 11 is 0. The average molecular weight is 309 g/mol. The summed E-state index contributed by atoms with van der Waals surface area (Å²) in [4.78, 5) is 26.1. The summed E-state index contributed by atoms with van der Waals surface area (Å²) in [6.45, 7) is 1.29. The summed E-state index contributed by atoms with van der Waals surface area (Å²) in [5.41, 5.74) is 0.0469. The van der Waals surface area contributed by atoms with Gasteiger partial charge in [0, 0.05) is 24.5 Å². The third-order valence-corrected chi connectivity index (χ3v) is 3.76. The molecule has 1 unspecified atom stereocenters. The summed E-state index contributed by atoms with van der Waals surface area (Å²) in [6.07, 6.45) is 0.904. The molecular formula is C15H17ClN2O3. The molecule has 1 amide bonds. The fourth-order valence-corrected chi connectivity index (χ4v) is 2.56. The second-order valence-electron chi connectivity index (χ2n) is 5.01. The highest BCUT2D eigenvalue weighted by Gasteiger charge is 2.27. The van der Waals surface area contributed by atoms with Crippen molar-refractivity contribution in [3.8, 4) is 0 Å². The van der Waals surface area contributed by atoms with Crippen LogP contribution in [0.5, 0.6) is 0 Å². The highest BCUT2D eigenvalue weighted by molar-refractivity contribution is 5.96. The topological polar surface area (TPSA) is 62.6 Å². The SMILES string of the molecule is CNC1CCN(C(=O)c2cc3ccccc3oc2=O)C1.Cl. The van der Waals surface area contributed by atoms with Crippen molar-refractivity contribution in [3.05, 3.63) is 46.3 Å². The number of benzene rings is 1. The molecule has 1 aromatic heterocycles. The maximum Gasteiger partial charge on any atom is 0.349 e. The van der Waals surface area contributed by atoms with E-state index in [4.69, 9.17) is 4.42 Å². The first kappa shape index (κ1) is 15.5. The standard InChI is InChI=1S/C15H16N2O3.ClH/c1-16-11-6-7-17(9-11)14(18)12-8-10-4-2-3-5-13(10)20-15(12)19;/h2-5,8,11,16H,6-7,9H2,1H3;1H. The number of hydrogen-bond donors (Lipinski definition) is 1. The summed E-state index contributed by atoms with van der Waals surface area (Å²) in [6, 6.07) is 9.11. The lowest BCUT2D eigenvalue weighted by molar-refractivity contribution is 0.0785. The van der Waals surface area contributed by atoms with Gasteiger partial charge in [-0.05, 0) is 25.6 Å². The summed E-state index contributed by atoms with van der Waals surface area (Å²) < 4.78 is 5.21. The molecule has 0 radical (unpaired) electrons. The van der Waals surface area contributed by atoms with Crippen LogP contribution < -0.4 is 10.9 Å². The van der Waals surface area contributed by atoms with Crippen LogP contribution in [-0.4, -0.2) is 37.0 Å². The van der Waals surface area contributed by atoms with Crippen molar-refractivity contribution in [1.29, 1.82) is 0 Å². The third-order valence-electron chi connectivity index (χ3n) is 3.76. The number of nitrogens with one attached hydrogen (secondary N) is 1. The number of likely N-dealkylation sites (tertiary alicyclic amines) is 1. The molecule has 0 aliphatic carbocycles. The molecule has 2 aromatic rings. The number of likely N-dealkylation sites (N-methyl/N-ethyl adjacent to an activating group) is 1. The summed E-state index contributed by atoms with van der Waals surface area (Å²) in [7, 11) is 1.88. The van der Waals surface area contributed by atoms with E-state index in [0.717, 1.165) is 11.8 Å². The molecule has 1 aromatic carbocycles. The fourth-order valence-electron chi connectivity index (χ4n) is 2.56. The number of halogens is 1. The number of para-hydroxylation sites is 1. The van der Waals surface area contributed by atoms with E-state index in [9.17, 15) is 9.59 Å². The molecular weight excluding hydrogens is 292 g/mol. The van der Waals surface area contributed by atoms with Crippen LogP contribution in [0.1, 0.15) is 16.8 Å². The van der Waals surface area contributed by atoms with E-state index >= 15 is 0 Å². The fraction of sp³-hybridized carbons (Fsp3) is 0.333. The lowest BCUT2D eigenvalue weighted by Gasteiger charge is -2.15. The Kier molecular flexibility index (Phi) is 4.65. The van der Waals surface area contributed by atoms with Crippen LogP contribution in [0.2, 0.25) is 0 Å². The molecule has 1 N–H and O–H groups in total. The van der Waals surface area contributed by atoms with Gasteiger partial charge in [0.2, 0.25) is 0 Å². The first-order valence-electron chi connectivity index (χ1n) is 6.68. The van der Waals surface area contributed by atoms with E-state index in [1.807, 2.05) is 19.2 Å². The minimum absolute atomic E-state index is 0. The summed E-state index contributed by atoms with van der Waals surface area (Å²) in [5.74, 6) is -0.248. The molecule has 0 spiro atoms. The van der Waals surface area contributed by atoms with Crippen molar-refractivity contribution < 1.29 is 9.21 Å². The predicted octanol–water partition coefficient (Wildman–Crippen LogP) is 1.65. The van der Waals surface area contributed by atoms with E-state index in [0.29, 0.717) is 24.7 Å². The van der Waals surface area contributed by atoms with Crippen molar-refractivity contribution in [2.45, 2.75) is 12.5 Å². The van der Waals surface area contributed by atoms with Crippen molar-refractivity contribution in [2.24, 2.45) is 0 Å². The van der Waals surface area contributed by atoms with Crippen molar-refractivity contribution in [2.75, 3.05) is 20.1 Å². The molecule has 5 nitrogen and oxygen atoms in total. The Morgan fingerprint density at radius 2 is 2.14 bits per heavy atom. The van der Waals surface area contributed by atoms with Gasteiger partial charge in [0.1, 0.15) is 11.1 Å². The third kappa shape index (κ3) is 2.94.